The Balaban J connectivity index is 1.65. The summed E-state index contributed by atoms with van der Waals surface area (Å²) in [6, 6.07) is 17.6. The summed E-state index contributed by atoms with van der Waals surface area (Å²) >= 11 is 0. The number of sulfonamides is 1. The summed E-state index contributed by atoms with van der Waals surface area (Å²) in [5.41, 5.74) is -0.364. The number of amides is 2. The van der Waals surface area contributed by atoms with Crippen molar-refractivity contribution in [1.29, 1.82) is 0 Å². The third-order valence-corrected chi connectivity index (χ3v) is 8.76. The van der Waals surface area contributed by atoms with E-state index in [1.54, 1.807) is 30.0 Å². The molecule has 0 spiro atoms. The standard InChI is InChI=1S/C26H33N3O4S/c1-26(25(31)27-18-21-12-6-4-7-13-21)20-28(34(32,33)23-16-10-5-11-17-23)19-24(30)29(26)22-14-8-2-3-9-15-22/h4-7,10-13,16-17,22H,2-3,8-9,14-15,18-20H2,1H3,(H,27,31). The zero-order chi connectivity index (χ0) is 24.2. The predicted octanol–water partition coefficient (Wildman–Crippen LogP) is 3.32. The van der Waals surface area contributed by atoms with Crippen LogP contribution in [0.3, 0.4) is 0 Å². The maximum atomic E-state index is 13.7. The Bertz CT molecular complexity index is 1100. The van der Waals surface area contributed by atoms with Crippen molar-refractivity contribution in [2.24, 2.45) is 0 Å². The highest BCUT2D eigenvalue weighted by atomic mass is 32.2. The normalized spacial score (nSPS) is 22.9. The lowest BCUT2D eigenvalue weighted by molar-refractivity contribution is -0.157. The van der Waals surface area contributed by atoms with Gasteiger partial charge in [-0.05, 0) is 37.5 Å². The van der Waals surface area contributed by atoms with Crippen LogP contribution in [0.5, 0.6) is 0 Å². The smallest absolute Gasteiger partial charge is 0.247 e. The highest BCUT2D eigenvalue weighted by molar-refractivity contribution is 7.89. The molecule has 8 heteroatoms. The molecule has 7 nitrogen and oxygen atoms in total. The van der Waals surface area contributed by atoms with E-state index in [9.17, 15) is 18.0 Å². The van der Waals surface area contributed by atoms with Gasteiger partial charge in [-0.1, -0.05) is 74.2 Å². The quantitative estimate of drug-likeness (QED) is 0.639. The van der Waals surface area contributed by atoms with Crippen molar-refractivity contribution in [3.05, 3.63) is 66.2 Å². The monoisotopic (exact) mass is 483 g/mol. The van der Waals surface area contributed by atoms with Crippen molar-refractivity contribution < 1.29 is 18.0 Å². The first kappa shape index (κ1) is 24.4. The summed E-state index contributed by atoms with van der Waals surface area (Å²) < 4.78 is 27.9. The van der Waals surface area contributed by atoms with Gasteiger partial charge in [0, 0.05) is 19.1 Å². The number of hydrogen-bond donors (Lipinski definition) is 1. The fraction of sp³-hybridized carbons (Fsp3) is 0.462. The largest absolute Gasteiger partial charge is 0.350 e. The second kappa shape index (κ2) is 10.3. The summed E-state index contributed by atoms with van der Waals surface area (Å²) in [5, 5.41) is 2.97. The van der Waals surface area contributed by atoms with E-state index in [0.717, 1.165) is 44.1 Å². The third kappa shape index (κ3) is 5.03. The molecule has 1 unspecified atom stereocenters. The van der Waals surface area contributed by atoms with Crippen molar-refractivity contribution in [2.45, 2.75) is 68.5 Å². The molecule has 2 aliphatic rings. The van der Waals surface area contributed by atoms with Gasteiger partial charge < -0.3 is 10.2 Å². The zero-order valence-electron chi connectivity index (χ0n) is 19.7. The molecule has 0 aromatic heterocycles. The van der Waals surface area contributed by atoms with Gasteiger partial charge in [0.25, 0.3) is 0 Å². The lowest BCUT2D eigenvalue weighted by atomic mass is 9.91. The average Bonchev–Trinajstić information content (AvgIpc) is 3.12. The van der Waals surface area contributed by atoms with E-state index >= 15 is 0 Å². The zero-order valence-corrected chi connectivity index (χ0v) is 20.5. The topological polar surface area (TPSA) is 86.8 Å². The third-order valence-electron chi connectivity index (χ3n) is 6.95. The van der Waals surface area contributed by atoms with Crippen LogP contribution in [0.4, 0.5) is 0 Å². The maximum absolute atomic E-state index is 13.7. The van der Waals surface area contributed by atoms with E-state index in [1.165, 1.54) is 16.4 Å². The maximum Gasteiger partial charge on any atom is 0.247 e. The Hall–Kier alpha value is -2.71. The Labute approximate surface area is 202 Å². The number of hydrogen-bond acceptors (Lipinski definition) is 4. The van der Waals surface area contributed by atoms with Crippen LogP contribution in [0.2, 0.25) is 0 Å². The van der Waals surface area contributed by atoms with Gasteiger partial charge in [-0.25, -0.2) is 8.42 Å². The first-order valence-electron chi connectivity index (χ1n) is 12.0. The molecular formula is C26H33N3O4S. The van der Waals surface area contributed by atoms with E-state index < -0.39 is 15.6 Å². The number of nitrogens with zero attached hydrogens (tertiary/aromatic N) is 2. The molecule has 1 aliphatic carbocycles. The summed E-state index contributed by atoms with van der Waals surface area (Å²) in [7, 11) is -3.92. The van der Waals surface area contributed by atoms with Crippen molar-refractivity contribution in [3.63, 3.8) is 0 Å². The molecular weight excluding hydrogens is 450 g/mol. The highest BCUT2D eigenvalue weighted by Crippen LogP contribution is 2.33. The molecule has 1 saturated heterocycles. The molecule has 2 aromatic rings. The van der Waals surface area contributed by atoms with Crippen LogP contribution in [-0.4, -0.2) is 54.1 Å². The Kier molecular flexibility index (Phi) is 7.38. The number of carbonyl (C=O) groups excluding carboxylic acids is 2. The van der Waals surface area contributed by atoms with Crippen molar-refractivity contribution in [2.75, 3.05) is 13.1 Å². The molecule has 4 rings (SSSR count). The van der Waals surface area contributed by atoms with Crippen LogP contribution in [0.15, 0.2) is 65.6 Å². The van der Waals surface area contributed by atoms with Crippen LogP contribution in [0.25, 0.3) is 0 Å². The van der Waals surface area contributed by atoms with Crippen molar-refractivity contribution >= 4 is 21.8 Å². The van der Waals surface area contributed by atoms with Crippen LogP contribution >= 0.6 is 0 Å². The Morgan fingerprint density at radius 2 is 1.56 bits per heavy atom. The molecule has 0 radical (unpaired) electrons. The van der Waals surface area contributed by atoms with Gasteiger partial charge in [-0.2, -0.15) is 4.31 Å². The predicted molar refractivity (Wildman–Crippen MR) is 130 cm³/mol. The Morgan fingerprint density at radius 3 is 2.18 bits per heavy atom. The second-order valence-electron chi connectivity index (χ2n) is 9.44. The van der Waals surface area contributed by atoms with E-state index in [1.807, 2.05) is 30.3 Å². The Morgan fingerprint density at radius 1 is 0.971 bits per heavy atom. The molecule has 1 heterocycles. The molecule has 1 N–H and O–H groups in total. The average molecular weight is 484 g/mol. The lowest BCUT2D eigenvalue weighted by Crippen LogP contribution is -2.71. The van der Waals surface area contributed by atoms with Crippen LogP contribution in [0, 0.1) is 0 Å². The number of rotatable bonds is 6. The van der Waals surface area contributed by atoms with Gasteiger partial charge in [-0.15, -0.1) is 0 Å². The van der Waals surface area contributed by atoms with E-state index in [2.05, 4.69) is 5.32 Å². The fourth-order valence-corrected chi connectivity index (χ4v) is 6.66. The van der Waals surface area contributed by atoms with Gasteiger partial charge in [0.15, 0.2) is 0 Å². The fourth-order valence-electron chi connectivity index (χ4n) is 5.16. The molecule has 2 amide bonds. The molecule has 1 saturated carbocycles. The van der Waals surface area contributed by atoms with Crippen LogP contribution in [-0.2, 0) is 26.2 Å². The minimum atomic E-state index is -3.92. The van der Waals surface area contributed by atoms with Crippen LogP contribution < -0.4 is 5.32 Å². The SMILES string of the molecule is CC1(C(=O)NCc2ccccc2)CN(S(=O)(=O)c2ccccc2)CC(=O)N1C1CCCCCC1. The number of benzene rings is 2. The molecule has 2 aromatic carbocycles. The summed E-state index contributed by atoms with van der Waals surface area (Å²) in [5.74, 6) is -0.642. The molecule has 0 bridgehead atoms. The van der Waals surface area contributed by atoms with E-state index in [0.29, 0.717) is 6.54 Å². The number of piperazine rings is 1. The number of carbonyl (C=O) groups is 2. The highest BCUT2D eigenvalue weighted by Gasteiger charge is 2.52. The molecule has 2 fully saturated rings. The van der Waals surface area contributed by atoms with Crippen molar-refractivity contribution in [3.8, 4) is 0 Å². The number of nitrogens with one attached hydrogen (secondary N) is 1. The molecule has 34 heavy (non-hydrogen) atoms. The van der Waals surface area contributed by atoms with Crippen LogP contribution in [0.1, 0.15) is 51.0 Å². The molecule has 1 aliphatic heterocycles. The minimum Gasteiger partial charge on any atom is -0.350 e. The minimum absolute atomic E-state index is 0.0657. The van der Waals surface area contributed by atoms with Gasteiger partial charge in [0.2, 0.25) is 21.8 Å². The first-order valence-corrected chi connectivity index (χ1v) is 13.5. The van der Waals surface area contributed by atoms with Crippen molar-refractivity contribution in [1.82, 2.24) is 14.5 Å². The van der Waals surface area contributed by atoms with E-state index in [4.69, 9.17) is 0 Å². The summed E-state index contributed by atoms with van der Waals surface area (Å²) in [6.45, 7) is 1.69. The van der Waals surface area contributed by atoms with Gasteiger partial charge in [0.1, 0.15) is 5.54 Å². The van der Waals surface area contributed by atoms with Gasteiger partial charge >= 0.3 is 0 Å². The summed E-state index contributed by atoms with van der Waals surface area (Å²) in [4.78, 5) is 29.0. The van der Waals surface area contributed by atoms with Gasteiger partial charge in [0.05, 0.1) is 11.4 Å². The second-order valence-corrected chi connectivity index (χ2v) is 11.4. The summed E-state index contributed by atoms with van der Waals surface area (Å²) in [6.07, 6.45) is 5.90. The molecule has 182 valence electrons. The molecule has 1 atom stereocenters. The first-order chi connectivity index (χ1) is 16.3. The van der Waals surface area contributed by atoms with Gasteiger partial charge in [-0.3, -0.25) is 9.59 Å². The lowest BCUT2D eigenvalue weighted by Gasteiger charge is -2.50. The van der Waals surface area contributed by atoms with E-state index in [-0.39, 0.29) is 35.8 Å².